The van der Waals surface area contributed by atoms with Crippen LogP contribution in [-0.2, 0) is 9.47 Å². The van der Waals surface area contributed by atoms with Gasteiger partial charge < -0.3 is 9.47 Å². The highest BCUT2D eigenvalue weighted by Crippen LogP contribution is 2.43. The zero-order valence-corrected chi connectivity index (χ0v) is 16.8. The van der Waals surface area contributed by atoms with Crippen LogP contribution < -0.4 is 0 Å². The fourth-order valence-electron chi connectivity index (χ4n) is 3.48. The van der Waals surface area contributed by atoms with Gasteiger partial charge in [0.2, 0.25) is 5.16 Å². The quantitative estimate of drug-likeness (QED) is 0.670. The number of rotatable bonds is 2. The summed E-state index contributed by atoms with van der Waals surface area (Å²) in [4.78, 5) is 4.36. The van der Waals surface area contributed by atoms with Gasteiger partial charge in [-0.05, 0) is 41.1 Å². The number of ether oxygens (including phenoxy) is 2. The van der Waals surface area contributed by atoms with E-state index in [1.807, 2.05) is 30.8 Å². The van der Waals surface area contributed by atoms with E-state index >= 15 is 0 Å². The van der Waals surface area contributed by atoms with Crippen molar-refractivity contribution in [3.63, 3.8) is 0 Å². The molecule has 132 valence electrons. The van der Waals surface area contributed by atoms with E-state index in [0.717, 1.165) is 54.0 Å². The van der Waals surface area contributed by atoms with E-state index in [4.69, 9.17) is 9.47 Å². The van der Waals surface area contributed by atoms with Crippen molar-refractivity contribution in [2.24, 2.45) is 0 Å². The summed E-state index contributed by atoms with van der Waals surface area (Å²) in [7, 11) is 0. The van der Waals surface area contributed by atoms with Crippen molar-refractivity contribution in [2.75, 3.05) is 19.5 Å². The molecule has 2 aliphatic rings. The number of halogens is 1. The smallest absolute Gasteiger partial charge is 0.207 e. The van der Waals surface area contributed by atoms with Crippen LogP contribution in [0.4, 0.5) is 0 Å². The molecule has 5 nitrogen and oxygen atoms in total. The van der Waals surface area contributed by atoms with Gasteiger partial charge in [-0.3, -0.25) is 0 Å². The van der Waals surface area contributed by atoms with Crippen molar-refractivity contribution in [3.05, 3.63) is 22.4 Å². The Morgan fingerprint density at radius 2 is 1.92 bits per heavy atom. The molecule has 1 aliphatic carbocycles. The first-order valence-electron chi connectivity index (χ1n) is 8.57. The van der Waals surface area contributed by atoms with Crippen LogP contribution in [0.1, 0.15) is 51.1 Å². The Balaban J connectivity index is 0.000000815. The fourth-order valence-corrected chi connectivity index (χ4v) is 4.31. The molecule has 2 aromatic rings. The third-order valence-electron chi connectivity index (χ3n) is 4.64. The Morgan fingerprint density at radius 1 is 1.25 bits per heavy atom. The molecular formula is C17H24BrN3O2S. The highest BCUT2D eigenvalue weighted by atomic mass is 79.9. The van der Waals surface area contributed by atoms with Crippen molar-refractivity contribution in [3.8, 4) is 0 Å². The lowest BCUT2D eigenvalue weighted by Crippen LogP contribution is -2.34. The Hall–Kier alpha value is -0.630. The maximum atomic E-state index is 5.83. The van der Waals surface area contributed by atoms with Gasteiger partial charge in [0.05, 0.1) is 24.9 Å². The van der Waals surface area contributed by atoms with Crippen molar-refractivity contribution < 1.29 is 9.47 Å². The fraction of sp³-hybridized carbons (Fsp3) is 0.647. The first kappa shape index (κ1) is 18.2. The van der Waals surface area contributed by atoms with Gasteiger partial charge >= 0.3 is 0 Å². The molecule has 2 fully saturated rings. The minimum Gasteiger partial charge on any atom is -0.348 e. The minimum absolute atomic E-state index is 0.305. The summed E-state index contributed by atoms with van der Waals surface area (Å²) < 4.78 is 14.8. The lowest BCUT2D eigenvalue weighted by atomic mass is 9.83. The molecule has 1 saturated heterocycles. The van der Waals surface area contributed by atoms with Gasteiger partial charge in [-0.15, -0.1) is 5.10 Å². The number of thioether (sulfide) groups is 1. The second-order valence-corrected chi connectivity index (χ2v) is 7.47. The molecule has 0 radical (unpaired) electrons. The van der Waals surface area contributed by atoms with E-state index in [1.165, 1.54) is 5.69 Å². The molecule has 0 N–H and O–H groups in total. The molecule has 1 saturated carbocycles. The number of hydrogen-bond acceptors (Lipinski definition) is 5. The number of aromatic nitrogens is 3. The average Bonchev–Trinajstić information content (AvgIpc) is 3.22. The van der Waals surface area contributed by atoms with Gasteiger partial charge in [-0.2, -0.15) is 0 Å². The van der Waals surface area contributed by atoms with E-state index in [9.17, 15) is 0 Å². The van der Waals surface area contributed by atoms with Crippen LogP contribution in [0.5, 0.6) is 0 Å². The molecule has 3 heterocycles. The van der Waals surface area contributed by atoms with Crippen molar-refractivity contribution in [1.29, 1.82) is 0 Å². The predicted octanol–water partition coefficient (Wildman–Crippen LogP) is 4.64. The molecule has 24 heavy (non-hydrogen) atoms. The summed E-state index contributed by atoms with van der Waals surface area (Å²) in [6, 6.07) is 2.19. The lowest BCUT2D eigenvalue weighted by Gasteiger charge is -2.35. The minimum atomic E-state index is -0.305. The maximum Gasteiger partial charge on any atom is 0.207 e. The molecule has 7 heteroatoms. The third kappa shape index (κ3) is 3.36. The lowest BCUT2D eigenvalue weighted by molar-refractivity contribution is -0.179. The zero-order chi connectivity index (χ0) is 17.2. The van der Waals surface area contributed by atoms with Crippen LogP contribution in [0.3, 0.4) is 0 Å². The van der Waals surface area contributed by atoms with E-state index in [-0.39, 0.29) is 5.79 Å². The predicted molar refractivity (Wildman–Crippen MR) is 99.7 cm³/mol. The van der Waals surface area contributed by atoms with Crippen LogP contribution >= 0.6 is 27.7 Å². The van der Waals surface area contributed by atoms with E-state index in [0.29, 0.717) is 5.92 Å². The monoisotopic (exact) mass is 413 g/mol. The van der Waals surface area contributed by atoms with Crippen molar-refractivity contribution in [1.82, 2.24) is 14.6 Å². The van der Waals surface area contributed by atoms with Crippen LogP contribution in [0.15, 0.2) is 21.9 Å². The molecule has 0 bridgehead atoms. The first-order valence-corrected chi connectivity index (χ1v) is 10.6. The zero-order valence-electron chi connectivity index (χ0n) is 14.4. The molecule has 0 atom stereocenters. The molecule has 1 spiro atoms. The number of fused-ring (bicyclic) bond motifs is 1. The maximum absolute atomic E-state index is 5.83. The normalized spacial score (nSPS) is 20.3. The third-order valence-corrected chi connectivity index (χ3v) is 5.82. The molecule has 0 unspecified atom stereocenters. The number of nitrogens with zero attached hydrogens (tertiary/aromatic N) is 3. The van der Waals surface area contributed by atoms with Gasteiger partial charge in [0.25, 0.3) is 0 Å². The molecule has 1 aliphatic heterocycles. The van der Waals surface area contributed by atoms with E-state index in [1.54, 1.807) is 11.8 Å². The summed E-state index contributed by atoms with van der Waals surface area (Å²) >= 11 is 5.20. The Labute approximate surface area is 155 Å². The summed E-state index contributed by atoms with van der Waals surface area (Å²) in [5, 5.41) is 5.45. The molecule has 0 amide bonds. The van der Waals surface area contributed by atoms with Crippen molar-refractivity contribution >= 4 is 33.2 Å². The summed E-state index contributed by atoms with van der Waals surface area (Å²) in [6.45, 7) is 5.46. The average molecular weight is 414 g/mol. The molecule has 0 aromatic carbocycles. The molecular weight excluding hydrogens is 390 g/mol. The highest BCUT2D eigenvalue weighted by molar-refractivity contribution is 9.10. The van der Waals surface area contributed by atoms with Gasteiger partial charge in [0, 0.05) is 28.9 Å². The Kier molecular flexibility index (Phi) is 5.85. The largest absolute Gasteiger partial charge is 0.348 e. The van der Waals surface area contributed by atoms with Gasteiger partial charge in [0.1, 0.15) is 0 Å². The SMILES string of the molecule is CC.CSc1ncc2c(Br)cc(C3CCC4(CC3)OCCO4)n2n1. The summed E-state index contributed by atoms with van der Waals surface area (Å²) in [5.41, 5.74) is 2.29. The second-order valence-electron chi connectivity index (χ2n) is 5.84. The summed E-state index contributed by atoms with van der Waals surface area (Å²) in [5.74, 6) is 0.182. The first-order chi connectivity index (χ1) is 11.7. The number of hydrogen-bond donors (Lipinski definition) is 0. The van der Waals surface area contributed by atoms with Crippen LogP contribution in [0, 0.1) is 0 Å². The van der Waals surface area contributed by atoms with Crippen LogP contribution in [0.25, 0.3) is 5.52 Å². The van der Waals surface area contributed by atoms with E-state index < -0.39 is 0 Å². The second kappa shape index (κ2) is 7.72. The summed E-state index contributed by atoms with van der Waals surface area (Å²) in [6.07, 6.45) is 7.94. The van der Waals surface area contributed by atoms with Crippen LogP contribution in [0.2, 0.25) is 0 Å². The van der Waals surface area contributed by atoms with Gasteiger partial charge in [-0.25, -0.2) is 9.50 Å². The highest BCUT2D eigenvalue weighted by Gasteiger charge is 2.41. The van der Waals surface area contributed by atoms with Crippen LogP contribution in [-0.4, -0.2) is 39.9 Å². The molecule has 4 rings (SSSR count). The topological polar surface area (TPSA) is 48.7 Å². The van der Waals surface area contributed by atoms with E-state index in [2.05, 4.69) is 32.1 Å². The standard InChI is InChI=1S/C15H18BrN3O2S.C2H6/c1-22-14-17-9-13-11(16)8-12(19(13)18-14)10-2-4-15(5-3-10)20-6-7-21-15;1-2/h8-10H,2-7H2,1H3;1-2H3. The van der Waals surface area contributed by atoms with Gasteiger partial charge in [0.15, 0.2) is 5.79 Å². The van der Waals surface area contributed by atoms with Gasteiger partial charge in [-0.1, -0.05) is 25.6 Å². The Morgan fingerprint density at radius 3 is 2.54 bits per heavy atom. The Bertz CT molecular complexity index is 690. The molecule has 2 aromatic heterocycles. The van der Waals surface area contributed by atoms with Crippen molar-refractivity contribution in [2.45, 2.75) is 56.4 Å².